The summed E-state index contributed by atoms with van der Waals surface area (Å²) in [6, 6.07) is 4.44. The summed E-state index contributed by atoms with van der Waals surface area (Å²) in [6.45, 7) is 0.906. The second-order valence-electron chi connectivity index (χ2n) is 4.81. The molecule has 1 aliphatic rings. The van der Waals surface area contributed by atoms with Crippen LogP contribution in [0.2, 0.25) is 0 Å². The quantitative estimate of drug-likeness (QED) is 0.817. The van der Waals surface area contributed by atoms with Gasteiger partial charge in [-0.25, -0.2) is 4.39 Å². The number of halogens is 1. The van der Waals surface area contributed by atoms with Gasteiger partial charge in [0.15, 0.2) is 0 Å². The zero-order chi connectivity index (χ0) is 14.6. The molecule has 0 aliphatic carbocycles. The third-order valence-electron chi connectivity index (χ3n) is 3.31. The maximum Gasteiger partial charge on any atom is 0.304 e. The fourth-order valence-electron chi connectivity index (χ4n) is 2.17. The van der Waals surface area contributed by atoms with Gasteiger partial charge in [0.05, 0.1) is 12.0 Å². The normalized spacial score (nSPS) is 17.9. The molecule has 2 rings (SSSR count). The van der Waals surface area contributed by atoms with Crippen LogP contribution in [0.1, 0.15) is 24.8 Å². The fraction of sp³-hybridized carbons (Fsp3) is 0.500. The van der Waals surface area contributed by atoms with Crippen LogP contribution in [0.3, 0.4) is 0 Å². The molecule has 0 saturated carbocycles. The summed E-state index contributed by atoms with van der Waals surface area (Å²) in [5.74, 6) is -0.919. The van der Waals surface area contributed by atoms with Gasteiger partial charge in [-0.2, -0.15) is 0 Å². The third-order valence-corrected chi connectivity index (χ3v) is 4.29. The Bertz CT molecular complexity index is 486. The summed E-state index contributed by atoms with van der Waals surface area (Å²) in [5.41, 5.74) is -0.513. The number of hydrogen-bond donors (Lipinski definition) is 2. The minimum absolute atomic E-state index is 0.0224. The summed E-state index contributed by atoms with van der Waals surface area (Å²) < 4.78 is 18.9. The van der Waals surface area contributed by atoms with Crippen molar-refractivity contribution in [1.82, 2.24) is 0 Å². The number of rotatable bonds is 5. The molecule has 4 nitrogen and oxygen atoms in total. The summed E-state index contributed by atoms with van der Waals surface area (Å²) >= 11 is 1.28. The SMILES string of the molecule is O=C(O)CCSc1cc(F)cc(C2(O)CCOCC2)c1. The molecule has 0 amide bonds. The molecule has 0 spiro atoms. The molecule has 2 N–H and O–H groups in total. The first kappa shape index (κ1) is 15.3. The van der Waals surface area contributed by atoms with Crippen LogP contribution in [0.15, 0.2) is 23.1 Å². The molecule has 20 heavy (non-hydrogen) atoms. The van der Waals surface area contributed by atoms with Crippen molar-refractivity contribution in [2.45, 2.75) is 29.8 Å². The fourth-order valence-corrected chi connectivity index (χ4v) is 3.09. The number of carboxylic acid groups (broad SMARTS) is 1. The van der Waals surface area contributed by atoms with E-state index in [9.17, 15) is 14.3 Å². The second kappa shape index (κ2) is 6.56. The maximum absolute atomic E-state index is 13.7. The highest BCUT2D eigenvalue weighted by Crippen LogP contribution is 2.34. The Kier molecular flexibility index (Phi) is 5.01. The second-order valence-corrected chi connectivity index (χ2v) is 5.98. The van der Waals surface area contributed by atoms with E-state index in [1.807, 2.05) is 0 Å². The van der Waals surface area contributed by atoms with Crippen LogP contribution in [0, 0.1) is 5.82 Å². The minimum atomic E-state index is -1.05. The van der Waals surface area contributed by atoms with E-state index in [2.05, 4.69) is 0 Å². The number of thioether (sulfide) groups is 1. The number of benzene rings is 1. The molecule has 0 radical (unpaired) electrons. The summed E-state index contributed by atoms with van der Waals surface area (Å²) in [7, 11) is 0. The van der Waals surface area contributed by atoms with E-state index in [1.165, 1.54) is 23.9 Å². The van der Waals surface area contributed by atoms with E-state index >= 15 is 0 Å². The molecule has 0 atom stereocenters. The highest BCUT2D eigenvalue weighted by molar-refractivity contribution is 7.99. The smallest absolute Gasteiger partial charge is 0.304 e. The number of carboxylic acids is 1. The summed E-state index contributed by atoms with van der Waals surface area (Å²) in [5, 5.41) is 19.2. The lowest BCUT2D eigenvalue weighted by Gasteiger charge is -2.32. The predicted molar refractivity (Wildman–Crippen MR) is 73.3 cm³/mol. The van der Waals surface area contributed by atoms with Gasteiger partial charge in [-0.1, -0.05) is 0 Å². The summed E-state index contributed by atoms with van der Waals surface area (Å²) in [6.07, 6.45) is 0.903. The van der Waals surface area contributed by atoms with E-state index in [0.717, 1.165) is 0 Å². The van der Waals surface area contributed by atoms with Crippen molar-refractivity contribution in [2.75, 3.05) is 19.0 Å². The van der Waals surface area contributed by atoms with Crippen molar-refractivity contribution in [3.05, 3.63) is 29.6 Å². The number of ether oxygens (including phenoxy) is 1. The van der Waals surface area contributed by atoms with Gasteiger partial charge in [0.25, 0.3) is 0 Å². The zero-order valence-electron chi connectivity index (χ0n) is 11.0. The van der Waals surface area contributed by atoms with Crippen molar-refractivity contribution in [3.8, 4) is 0 Å². The topological polar surface area (TPSA) is 66.8 Å². The molecule has 1 fully saturated rings. The highest BCUT2D eigenvalue weighted by Gasteiger charge is 2.32. The highest BCUT2D eigenvalue weighted by atomic mass is 32.2. The van der Waals surface area contributed by atoms with E-state index < -0.39 is 17.4 Å². The van der Waals surface area contributed by atoms with Gasteiger partial charge >= 0.3 is 5.97 Å². The lowest BCUT2D eigenvalue weighted by Crippen LogP contribution is -2.33. The van der Waals surface area contributed by atoms with Crippen LogP contribution in [-0.4, -0.2) is 35.1 Å². The van der Waals surface area contributed by atoms with Gasteiger partial charge in [-0.15, -0.1) is 11.8 Å². The van der Waals surface area contributed by atoms with Crippen molar-refractivity contribution < 1.29 is 24.1 Å². The molecular formula is C14H17FO4S. The first-order valence-electron chi connectivity index (χ1n) is 6.45. The largest absolute Gasteiger partial charge is 0.481 e. The van der Waals surface area contributed by atoms with Gasteiger partial charge in [0.1, 0.15) is 5.82 Å². The molecule has 6 heteroatoms. The van der Waals surface area contributed by atoms with Crippen molar-refractivity contribution in [1.29, 1.82) is 0 Å². The molecule has 1 heterocycles. The van der Waals surface area contributed by atoms with Crippen molar-refractivity contribution in [3.63, 3.8) is 0 Å². The van der Waals surface area contributed by atoms with Gasteiger partial charge in [0.2, 0.25) is 0 Å². The van der Waals surface area contributed by atoms with Crippen LogP contribution in [0.4, 0.5) is 4.39 Å². The van der Waals surface area contributed by atoms with Gasteiger partial charge < -0.3 is 14.9 Å². The molecule has 1 saturated heterocycles. The maximum atomic E-state index is 13.7. The van der Waals surface area contributed by atoms with E-state index in [-0.39, 0.29) is 6.42 Å². The predicted octanol–water partition coefficient (Wildman–Crippen LogP) is 2.39. The molecule has 1 aromatic rings. The minimum Gasteiger partial charge on any atom is -0.481 e. The molecule has 1 aromatic carbocycles. The van der Waals surface area contributed by atoms with E-state index in [0.29, 0.717) is 42.3 Å². The Hall–Kier alpha value is -1.11. The average Bonchev–Trinajstić information content (AvgIpc) is 2.38. The molecule has 1 aliphatic heterocycles. The monoisotopic (exact) mass is 300 g/mol. The zero-order valence-corrected chi connectivity index (χ0v) is 11.8. The van der Waals surface area contributed by atoms with E-state index in [4.69, 9.17) is 9.84 Å². The number of aliphatic carboxylic acids is 1. The van der Waals surface area contributed by atoms with Crippen LogP contribution < -0.4 is 0 Å². The van der Waals surface area contributed by atoms with Crippen molar-refractivity contribution >= 4 is 17.7 Å². The lowest BCUT2D eigenvalue weighted by atomic mass is 9.86. The van der Waals surface area contributed by atoms with Gasteiger partial charge in [-0.05, 0) is 23.8 Å². The van der Waals surface area contributed by atoms with Crippen LogP contribution >= 0.6 is 11.8 Å². The standard InChI is InChI=1S/C14H17FO4S/c15-11-7-10(14(18)2-4-19-5-3-14)8-12(9-11)20-6-1-13(16)17/h7-9,18H,1-6H2,(H,16,17). The first-order chi connectivity index (χ1) is 9.49. The Balaban J connectivity index is 2.13. The van der Waals surface area contributed by atoms with Crippen LogP contribution in [0.5, 0.6) is 0 Å². The Morgan fingerprint density at radius 1 is 1.35 bits per heavy atom. The molecule has 0 bridgehead atoms. The molecule has 0 unspecified atom stereocenters. The number of carbonyl (C=O) groups is 1. The number of aliphatic hydroxyl groups is 1. The average molecular weight is 300 g/mol. The lowest BCUT2D eigenvalue weighted by molar-refractivity contribution is -0.136. The Morgan fingerprint density at radius 2 is 2.05 bits per heavy atom. The van der Waals surface area contributed by atoms with Crippen LogP contribution in [-0.2, 0) is 15.1 Å². The van der Waals surface area contributed by atoms with Gasteiger partial charge in [0, 0.05) is 36.7 Å². The molecular weight excluding hydrogens is 283 g/mol. The molecule has 110 valence electrons. The number of hydrogen-bond acceptors (Lipinski definition) is 4. The summed E-state index contributed by atoms with van der Waals surface area (Å²) in [4.78, 5) is 11.1. The Labute approximate surface area is 120 Å². The first-order valence-corrected chi connectivity index (χ1v) is 7.44. The Morgan fingerprint density at radius 3 is 2.70 bits per heavy atom. The van der Waals surface area contributed by atoms with Crippen LogP contribution in [0.25, 0.3) is 0 Å². The van der Waals surface area contributed by atoms with Gasteiger partial charge in [-0.3, -0.25) is 4.79 Å². The third kappa shape index (κ3) is 3.94. The van der Waals surface area contributed by atoms with E-state index in [1.54, 1.807) is 6.07 Å². The molecule has 0 aromatic heterocycles. The van der Waals surface area contributed by atoms with Crippen molar-refractivity contribution in [2.24, 2.45) is 0 Å².